The first-order valence-corrected chi connectivity index (χ1v) is 31.0. The normalized spacial score (nSPS) is 19.4. The molecule has 6 unspecified atom stereocenters. The van der Waals surface area contributed by atoms with Gasteiger partial charge in [0.15, 0.2) is 6.29 Å². The molecule has 1 saturated heterocycles. The van der Waals surface area contributed by atoms with Gasteiger partial charge in [0.05, 0.1) is 19.8 Å². The Morgan fingerprint density at radius 2 is 0.908 bits per heavy atom. The van der Waals surface area contributed by atoms with Crippen molar-refractivity contribution in [3.8, 4) is 0 Å². The van der Waals surface area contributed by atoms with Crippen LogP contribution in [0.3, 0.4) is 0 Å². The summed E-state index contributed by atoms with van der Waals surface area (Å²) >= 11 is 0. The van der Waals surface area contributed by atoms with Crippen molar-refractivity contribution in [2.75, 3.05) is 26.4 Å². The molecule has 1 heterocycles. The van der Waals surface area contributed by atoms with Gasteiger partial charge >= 0.3 is 16.4 Å². The van der Waals surface area contributed by atoms with E-state index in [2.05, 4.69) is 127 Å². The summed E-state index contributed by atoms with van der Waals surface area (Å²) in [5.41, 5.74) is 0. The standard InChI is InChI=1S/C63H106O12S/c1-3-5-7-9-11-13-15-17-19-21-23-25-27-29-30-32-34-36-38-40-42-44-46-48-50-52-59(65)73-57(56-72-63-61(67)62(75-76(68,69)70)60(66)58(54-64)74-63)55-71-53-51-49-47-45-43-41-39-37-35-33-31-28-26-24-22-20-18-16-14-12-10-8-6-4-2/h6,8,12,14-15,17-18,20-21,23-24,26-27,29,31,33,37,39,57-58,60-64,66-67H,3-5,7,9-11,13,16,19,22,25,28,30,32,34-36,38,40-56H2,1-2H3,(H,68,69,70)/b8-6-,14-12-,17-15-,20-18-,23-21-,26-24-,29-27-,33-31-,39-37-. The molecule has 0 aromatic carbocycles. The van der Waals surface area contributed by atoms with E-state index in [0.29, 0.717) is 13.0 Å². The molecule has 0 aliphatic carbocycles. The zero-order chi connectivity index (χ0) is 55.3. The van der Waals surface area contributed by atoms with Crippen LogP contribution in [-0.2, 0) is 38.3 Å². The first-order chi connectivity index (χ1) is 37.1. The molecule has 76 heavy (non-hydrogen) atoms. The van der Waals surface area contributed by atoms with Crippen molar-refractivity contribution >= 4 is 16.4 Å². The van der Waals surface area contributed by atoms with Gasteiger partial charge in [-0.25, -0.2) is 4.18 Å². The number of carbonyl (C=O) groups excluding carboxylic acids is 1. The van der Waals surface area contributed by atoms with E-state index in [1.807, 2.05) is 0 Å². The lowest BCUT2D eigenvalue weighted by Crippen LogP contribution is -2.60. The second kappa shape index (κ2) is 52.5. The maximum atomic E-state index is 13.0. The van der Waals surface area contributed by atoms with Crippen LogP contribution < -0.4 is 0 Å². The first-order valence-electron chi connectivity index (χ1n) is 29.6. The summed E-state index contributed by atoms with van der Waals surface area (Å²) in [5.74, 6) is -0.414. The summed E-state index contributed by atoms with van der Waals surface area (Å²) in [6.45, 7) is 3.82. The van der Waals surface area contributed by atoms with Crippen LogP contribution in [0.5, 0.6) is 0 Å². The summed E-state index contributed by atoms with van der Waals surface area (Å²) in [4.78, 5) is 13.0. The Bertz CT molecular complexity index is 1730. The molecule has 12 nitrogen and oxygen atoms in total. The monoisotopic (exact) mass is 1090 g/mol. The van der Waals surface area contributed by atoms with E-state index in [-0.39, 0.29) is 19.6 Å². The minimum atomic E-state index is -5.08. The van der Waals surface area contributed by atoms with E-state index in [4.69, 9.17) is 18.9 Å². The van der Waals surface area contributed by atoms with Gasteiger partial charge in [0.25, 0.3) is 0 Å². The lowest BCUT2D eigenvalue weighted by molar-refractivity contribution is -0.301. The highest BCUT2D eigenvalue weighted by Gasteiger charge is 2.48. The summed E-state index contributed by atoms with van der Waals surface area (Å²) < 4.78 is 59.5. The quantitative estimate of drug-likeness (QED) is 0.0196. The molecule has 1 fully saturated rings. The van der Waals surface area contributed by atoms with Gasteiger partial charge in [-0.2, -0.15) is 8.42 Å². The lowest BCUT2D eigenvalue weighted by atomic mass is 9.99. The SMILES string of the molecule is CC/C=C\C/C=C\C/C=C\C/C=C\C/C=C\C/C=C\CCCCCCCOCC(COC1OC(CO)C(O)C(OS(=O)(=O)O)C1O)OC(=O)CCCCCCCCCCCC/C=C\C/C=C\C/C=C\CCCCCCC. The number of ether oxygens (including phenoxy) is 4. The van der Waals surface area contributed by atoms with Gasteiger partial charge < -0.3 is 34.3 Å². The molecule has 0 spiro atoms. The van der Waals surface area contributed by atoms with Crippen LogP contribution in [0, 0.1) is 0 Å². The Morgan fingerprint density at radius 3 is 1.33 bits per heavy atom. The molecule has 436 valence electrons. The zero-order valence-corrected chi connectivity index (χ0v) is 48.1. The van der Waals surface area contributed by atoms with E-state index in [1.165, 1.54) is 77.0 Å². The molecule has 0 radical (unpaired) electrons. The second-order valence-electron chi connectivity index (χ2n) is 19.8. The maximum absolute atomic E-state index is 13.0. The zero-order valence-electron chi connectivity index (χ0n) is 47.3. The number of carbonyl (C=O) groups is 1. The van der Waals surface area contributed by atoms with Crippen molar-refractivity contribution in [1.82, 2.24) is 0 Å². The molecule has 0 aromatic heterocycles. The number of unbranched alkanes of at least 4 members (excludes halogenated alkanes) is 20. The fourth-order valence-electron chi connectivity index (χ4n) is 8.45. The number of allylic oxidation sites excluding steroid dienone is 18. The molecule has 13 heteroatoms. The molecule has 0 amide bonds. The largest absolute Gasteiger partial charge is 0.457 e. The molecule has 4 N–H and O–H groups in total. The van der Waals surface area contributed by atoms with Gasteiger partial charge in [-0.1, -0.05) is 220 Å². The van der Waals surface area contributed by atoms with Gasteiger partial charge in [-0.05, 0) is 103 Å². The predicted molar refractivity (Wildman–Crippen MR) is 312 cm³/mol. The third-order valence-electron chi connectivity index (χ3n) is 12.9. The molecule has 6 atom stereocenters. The molecule has 0 bridgehead atoms. The molecule has 1 aliphatic rings. The fraction of sp³-hybridized carbons (Fsp3) is 0.698. The van der Waals surface area contributed by atoms with Crippen LogP contribution in [-0.4, -0.2) is 97.5 Å². The van der Waals surface area contributed by atoms with E-state index in [1.54, 1.807) is 0 Å². The number of hydrogen-bond acceptors (Lipinski definition) is 11. The average Bonchev–Trinajstić information content (AvgIpc) is 3.40. The fourth-order valence-corrected chi connectivity index (χ4v) is 8.96. The van der Waals surface area contributed by atoms with Crippen molar-refractivity contribution in [3.63, 3.8) is 0 Å². The third kappa shape index (κ3) is 44.7. The van der Waals surface area contributed by atoms with Gasteiger partial charge in [-0.3, -0.25) is 9.35 Å². The van der Waals surface area contributed by atoms with Crippen molar-refractivity contribution < 1.29 is 56.2 Å². The Balaban J connectivity index is 2.33. The summed E-state index contributed by atoms with van der Waals surface area (Å²) in [7, 11) is -5.08. The van der Waals surface area contributed by atoms with Crippen LogP contribution >= 0.6 is 0 Å². The van der Waals surface area contributed by atoms with Crippen molar-refractivity contribution in [2.45, 2.75) is 256 Å². The molecule has 0 saturated carbocycles. The molecular formula is C63H106O12S. The highest BCUT2D eigenvalue weighted by atomic mass is 32.3. The van der Waals surface area contributed by atoms with Gasteiger partial charge in [0.2, 0.25) is 0 Å². The first kappa shape index (κ1) is 70.8. The van der Waals surface area contributed by atoms with Crippen LogP contribution in [0.25, 0.3) is 0 Å². The number of aliphatic hydroxyl groups is 3. The highest BCUT2D eigenvalue weighted by molar-refractivity contribution is 7.80. The van der Waals surface area contributed by atoms with E-state index in [9.17, 15) is 33.1 Å². The van der Waals surface area contributed by atoms with Gasteiger partial charge in [0, 0.05) is 13.0 Å². The average molecular weight is 1090 g/mol. The molecule has 0 aromatic rings. The summed E-state index contributed by atoms with van der Waals surface area (Å²) in [6.07, 6.45) is 65.5. The van der Waals surface area contributed by atoms with Crippen LogP contribution in [0.1, 0.15) is 219 Å². The van der Waals surface area contributed by atoms with Crippen molar-refractivity contribution in [1.29, 1.82) is 0 Å². The number of aliphatic hydroxyl groups excluding tert-OH is 3. The third-order valence-corrected chi connectivity index (χ3v) is 13.3. The Kier molecular flexibility index (Phi) is 48.9. The number of rotatable bonds is 51. The smallest absolute Gasteiger partial charge is 0.397 e. The van der Waals surface area contributed by atoms with Crippen LogP contribution in [0.15, 0.2) is 109 Å². The Morgan fingerprint density at radius 1 is 0.513 bits per heavy atom. The van der Waals surface area contributed by atoms with Crippen molar-refractivity contribution in [2.24, 2.45) is 0 Å². The predicted octanol–water partition coefficient (Wildman–Crippen LogP) is 15.1. The molecular weight excluding hydrogens is 981 g/mol. The van der Waals surface area contributed by atoms with Crippen molar-refractivity contribution in [3.05, 3.63) is 109 Å². The van der Waals surface area contributed by atoms with E-state index >= 15 is 0 Å². The maximum Gasteiger partial charge on any atom is 0.397 e. The number of esters is 1. The number of hydrogen-bond donors (Lipinski definition) is 4. The van der Waals surface area contributed by atoms with Gasteiger partial charge in [-0.15, -0.1) is 0 Å². The molecule has 1 aliphatic heterocycles. The van der Waals surface area contributed by atoms with E-state index in [0.717, 1.165) is 116 Å². The summed E-state index contributed by atoms with van der Waals surface area (Å²) in [6, 6.07) is 0. The van der Waals surface area contributed by atoms with Gasteiger partial charge in [0.1, 0.15) is 30.5 Å². The second-order valence-corrected chi connectivity index (χ2v) is 20.9. The summed E-state index contributed by atoms with van der Waals surface area (Å²) in [5, 5.41) is 30.9. The topological polar surface area (TPSA) is 178 Å². The van der Waals surface area contributed by atoms with E-state index < -0.39 is 59.8 Å². The van der Waals surface area contributed by atoms with Crippen LogP contribution in [0.4, 0.5) is 0 Å². The highest BCUT2D eigenvalue weighted by Crippen LogP contribution is 2.26. The van der Waals surface area contributed by atoms with Crippen LogP contribution in [0.2, 0.25) is 0 Å². The minimum absolute atomic E-state index is 0.0141. The Hall–Kier alpha value is -3.24. The Labute approximate surface area is 462 Å². The minimum Gasteiger partial charge on any atom is -0.457 e. The molecule has 1 rings (SSSR count). The lowest BCUT2D eigenvalue weighted by Gasteiger charge is -2.41.